The molecule has 0 aromatic heterocycles. The molecule has 2 aromatic rings. The molecule has 0 heterocycles. The average Bonchev–Trinajstić information content (AvgIpc) is 2.60. The monoisotopic (exact) mass is 382 g/mol. The molecule has 28 heavy (non-hydrogen) atoms. The smallest absolute Gasteiger partial charge is 0.277 e. The number of likely N-dealkylation sites (N-methyl/N-ethyl adjacent to an activating group) is 2. The number of aryl methyl sites for hydroxylation is 4. The molecule has 0 fully saturated rings. The zero-order valence-electron chi connectivity index (χ0n) is 17.8. The fourth-order valence-electron chi connectivity index (χ4n) is 3.32. The molecule has 0 bridgehead atoms. The maximum absolute atomic E-state index is 12.5. The van der Waals surface area contributed by atoms with Crippen molar-refractivity contribution in [3.63, 3.8) is 0 Å². The van der Waals surface area contributed by atoms with Gasteiger partial charge in [-0.1, -0.05) is 42.0 Å². The van der Waals surface area contributed by atoms with Gasteiger partial charge in [0.1, 0.15) is 6.54 Å². The lowest BCUT2D eigenvalue weighted by atomic mass is 10.1. The predicted molar refractivity (Wildman–Crippen MR) is 114 cm³/mol. The summed E-state index contributed by atoms with van der Waals surface area (Å²) in [4.78, 5) is 27.5. The van der Waals surface area contributed by atoms with Crippen molar-refractivity contribution in [1.82, 2.24) is 4.90 Å². The van der Waals surface area contributed by atoms with E-state index >= 15 is 0 Å². The Morgan fingerprint density at radius 3 is 2.25 bits per heavy atom. The van der Waals surface area contributed by atoms with E-state index in [0.29, 0.717) is 6.54 Å². The topological polar surface area (TPSA) is 53.9 Å². The summed E-state index contributed by atoms with van der Waals surface area (Å²) in [5, 5.41) is 2.93. The van der Waals surface area contributed by atoms with Crippen molar-refractivity contribution in [2.75, 3.05) is 32.5 Å². The average molecular weight is 383 g/mol. The number of para-hydroxylation sites is 1. The summed E-state index contributed by atoms with van der Waals surface area (Å²) in [6.45, 7) is 9.27. The summed E-state index contributed by atoms with van der Waals surface area (Å²) in [5.74, 6) is -0.223. The Kier molecular flexibility index (Phi) is 7.35. The van der Waals surface area contributed by atoms with E-state index in [-0.39, 0.29) is 18.4 Å². The van der Waals surface area contributed by atoms with Gasteiger partial charge in [0.2, 0.25) is 5.91 Å². The number of carbonyl (C=O) groups is 2. The lowest BCUT2D eigenvalue weighted by molar-refractivity contribution is -0.885. The highest BCUT2D eigenvalue weighted by molar-refractivity contribution is 5.95. The van der Waals surface area contributed by atoms with Gasteiger partial charge in [-0.15, -0.1) is 0 Å². The van der Waals surface area contributed by atoms with Gasteiger partial charge in [0.25, 0.3) is 5.91 Å². The number of anilines is 1. The lowest BCUT2D eigenvalue weighted by Gasteiger charge is -2.21. The van der Waals surface area contributed by atoms with Crippen LogP contribution in [0.25, 0.3) is 0 Å². The molecule has 0 spiro atoms. The second-order valence-corrected chi connectivity index (χ2v) is 7.81. The molecular formula is C23H32N3O2+. The Hall–Kier alpha value is -2.66. The van der Waals surface area contributed by atoms with E-state index in [1.807, 2.05) is 39.1 Å². The maximum atomic E-state index is 12.5. The summed E-state index contributed by atoms with van der Waals surface area (Å²) in [6, 6.07) is 12.3. The van der Waals surface area contributed by atoms with E-state index in [1.54, 1.807) is 7.05 Å². The first-order chi connectivity index (χ1) is 13.2. The third kappa shape index (κ3) is 5.92. The van der Waals surface area contributed by atoms with E-state index in [4.69, 9.17) is 0 Å². The molecular weight excluding hydrogens is 350 g/mol. The number of quaternary nitrogens is 1. The molecule has 0 aliphatic heterocycles. The normalized spacial score (nSPS) is 11.8. The van der Waals surface area contributed by atoms with Gasteiger partial charge in [-0.05, 0) is 44.4 Å². The summed E-state index contributed by atoms with van der Waals surface area (Å²) < 4.78 is 0. The van der Waals surface area contributed by atoms with E-state index in [9.17, 15) is 9.59 Å². The van der Waals surface area contributed by atoms with Crippen LogP contribution >= 0.6 is 0 Å². The van der Waals surface area contributed by atoms with Crippen molar-refractivity contribution < 1.29 is 14.5 Å². The maximum Gasteiger partial charge on any atom is 0.277 e. The lowest BCUT2D eigenvalue weighted by Crippen LogP contribution is -3.08. The number of benzene rings is 2. The van der Waals surface area contributed by atoms with Crippen LogP contribution in [0.5, 0.6) is 0 Å². The molecule has 2 N–H and O–H groups in total. The number of nitrogens with one attached hydrogen (secondary N) is 2. The van der Waals surface area contributed by atoms with Crippen LogP contribution in [0, 0.1) is 27.7 Å². The zero-order chi connectivity index (χ0) is 20.8. The third-order valence-corrected chi connectivity index (χ3v) is 5.00. The van der Waals surface area contributed by atoms with Crippen molar-refractivity contribution in [3.8, 4) is 0 Å². The molecule has 0 radical (unpaired) electrons. The summed E-state index contributed by atoms with van der Waals surface area (Å²) in [5.41, 5.74) is 6.58. The number of amides is 2. The molecule has 1 unspecified atom stereocenters. The van der Waals surface area contributed by atoms with Gasteiger partial charge >= 0.3 is 0 Å². The molecule has 150 valence electrons. The first kappa shape index (κ1) is 21.6. The second kappa shape index (κ2) is 9.51. The molecule has 0 aliphatic carbocycles. The van der Waals surface area contributed by atoms with Gasteiger partial charge in [0, 0.05) is 18.3 Å². The Morgan fingerprint density at radius 2 is 1.64 bits per heavy atom. The Bertz CT molecular complexity index is 841. The van der Waals surface area contributed by atoms with E-state index in [0.717, 1.165) is 28.3 Å². The van der Waals surface area contributed by atoms with Crippen LogP contribution < -0.4 is 10.2 Å². The second-order valence-electron chi connectivity index (χ2n) is 7.81. The van der Waals surface area contributed by atoms with Gasteiger partial charge in [-0.2, -0.15) is 0 Å². The predicted octanol–water partition coefficient (Wildman–Crippen LogP) is 2.03. The largest absolute Gasteiger partial charge is 0.332 e. The number of carbonyl (C=O) groups excluding carboxylic acids is 2. The fourth-order valence-corrected chi connectivity index (χ4v) is 3.32. The van der Waals surface area contributed by atoms with Crippen molar-refractivity contribution in [3.05, 3.63) is 64.2 Å². The Morgan fingerprint density at radius 1 is 1.00 bits per heavy atom. The minimum Gasteiger partial charge on any atom is -0.332 e. The molecule has 0 saturated carbocycles. The van der Waals surface area contributed by atoms with Crippen LogP contribution in [0.4, 0.5) is 5.69 Å². The van der Waals surface area contributed by atoms with E-state index in [1.165, 1.54) is 21.6 Å². The fraction of sp³-hybridized carbons (Fsp3) is 0.391. The van der Waals surface area contributed by atoms with Crippen LogP contribution in [-0.4, -0.2) is 43.9 Å². The quantitative estimate of drug-likeness (QED) is 0.770. The summed E-state index contributed by atoms with van der Waals surface area (Å²) in [7, 11) is 3.68. The van der Waals surface area contributed by atoms with Crippen LogP contribution in [0.1, 0.15) is 27.8 Å². The number of nitrogens with zero attached hydrogens (tertiary/aromatic N) is 1. The minimum atomic E-state index is -0.180. The molecule has 5 nitrogen and oxygen atoms in total. The van der Waals surface area contributed by atoms with Crippen LogP contribution in [0.3, 0.4) is 0 Å². The third-order valence-electron chi connectivity index (χ3n) is 5.00. The van der Waals surface area contributed by atoms with Crippen molar-refractivity contribution in [1.29, 1.82) is 0 Å². The molecule has 0 saturated heterocycles. The Labute approximate surface area is 168 Å². The SMILES string of the molecule is Cc1ccc(C[NH+](C)CC(=O)N(C)CC(=O)Nc2c(C)cccc2C)c(C)c1. The first-order valence-electron chi connectivity index (χ1n) is 9.65. The molecule has 5 heteroatoms. The van der Waals surface area contributed by atoms with Crippen molar-refractivity contribution in [2.24, 2.45) is 0 Å². The summed E-state index contributed by atoms with van der Waals surface area (Å²) in [6.07, 6.45) is 0. The van der Waals surface area contributed by atoms with Gasteiger partial charge in [0.05, 0.1) is 13.6 Å². The molecule has 2 aromatic carbocycles. The van der Waals surface area contributed by atoms with Crippen molar-refractivity contribution >= 4 is 17.5 Å². The Balaban J connectivity index is 1.88. The number of hydrogen-bond donors (Lipinski definition) is 2. The van der Waals surface area contributed by atoms with Gasteiger partial charge in [-0.25, -0.2) is 0 Å². The highest BCUT2D eigenvalue weighted by atomic mass is 16.2. The van der Waals surface area contributed by atoms with Gasteiger partial charge in [0.15, 0.2) is 6.54 Å². The molecule has 1 atom stereocenters. The summed E-state index contributed by atoms with van der Waals surface area (Å²) >= 11 is 0. The van der Waals surface area contributed by atoms with Gasteiger partial charge in [-0.3, -0.25) is 9.59 Å². The van der Waals surface area contributed by atoms with E-state index < -0.39 is 0 Å². The standard InChI is InChI=1S/C23H31N3O2/c1-16-10-11-20(19(4)12-16)13-25(5)15-22(28)26(6)14-21(27)24-23-17(2)8-7-9-18(23)3/h7-12H,13-15H2,1-6H3,(H,24,27)/p+1. The van der Waals surface area contributed by atoms with Crippen LogP contribution in [0.2, 0.25) is 0 Å². The molecule has 0 aliphatic rings. The molecule has 2 rings (SSSR count). The molecule has 2 amide bonds. The number of rotatable bonds is 7. The highest BCUT2D eigenvalue weighted by Gasteiger charge is 2.18. The number of hydrogen-bond acceptors (Lipinski definition) is 2. The first-order valence-corrected chi connectivity index (χ1v) is 9.65. The van der Waals surface area contributed by atoms with E-state index in [2.05, 4.69) is 37.4 Å². The van der Waals surface area contributed by atoms with Crippen molar-refractivity contribution in [2.45, 2.75) is 34.2 Å². The zero-order valence-corrected chi connectivity index (χ0v) is 17.8. The van der Waals surface area contributed by atoms with Gasteiger partial charge < -0.3 is 15.1 Å². The van der Waals surface area contributed by atoms with Crippen LogP contribution in [0.15, 0.2) is 36.4 Å². The minimum absolute atomic E-state index is 0.0427. The highest BCUT2D eigenvalue weighted by Crippen LogP contribution is 2.19. The van der Waals surface area contributed by atoms with Crippen LogP contribution in [-0.2, 0) is 16.1 Å².